The number of halogens is 1. The van der Waals surface area contributed by atoms with Crippen LogP contribution in [0.2, 0.25) is 5.02 Å². The van der Waals surface area contributed by atoms with Crippen LogP contribution in [-0.2, 0) is 24.2 Å². The van der Waals surface area contributed by atoms with Crippen LogP contribution in [0, 0.1) is 0 Å². The van der Waals surface area contributed by atoms with Crippen LogP contribution in [0.25, 0.3) is 0 Å². The number of hydrogen-bond donors (Lipinski definition) is 2. The first-order chi connectivity index (χ1) is 15.4. The van der Waals surface area contributed by atoms with Gasteiger partial charge in [-0.15, -0.1) is 0 Å². The molecule has 32 heavy (non-hydrogen) atoms. The summed E-state index contributed by atoms with van der Waals surface area (Å²) in [5.74, 6) is -1.56. The molecule has 0 radical (unpaired) electrons. The molecule has 1 aromatic heterocycles. The minimum atomic E-state index is -3.91. The zero-order chi connectivity index (χ0) is 23.0. The lowest BCUT2D eigenvalue weighted by molar-refractivity contribution is -0.139. The van der Waals surface area contributed by atoms with E-state index in [9.17, 15) is 18.0 Å². The molecule has 3 rings (SSSR count). The van der Waals surface area contributed by atoms with Crippen molar-refractivity contribution in [1.82, 2.24) is 15.5 Å². The third kappa shape index (κ3) is 6.55. The number of hydrogen-bond acceptors (Lipinski definition) is 7. The third-order valence-corrected chi connectivity index (χ3v) is 7.40. The number of carbonyl (C=O) groups is 2. The lowest BCUT2D eigenvalue weighted by Crippen LogP contribution is -2.43. The van der Waals surface area contributed by atoms with Gasteiger partial charge in [-0.2, -0.15) is 0 Å². The van der Waals surface area contributed by atoms with Gasteiger partial charge in [0.2, 0.25) is 0 Å². The van der Waals surface area contributed by atoms with E-state index in [2.05, 4.69) is 15.5 Å². The van der Waals surface area contributed by atoms with Gasteiger partial charge >= 0.3 is 11.8 Å². The maximum Gasteiger partial charge on any atom is 0.309 e. The van der Waals surface area contributed by atoms with E-state index < -0.39 is 26.9 Å². The van der Waals surface area contributed by atoms with Crippen molar-refractivity contribution in [2.24, 2.45) is 0 Å². The van der Waals surface area contributed by atoms with Crippen LogP contribution >= 0.6 is 11.6 Å². The highest BCUT2D eigenvalue weighted by atomic mass is 35.5. The molecule has 0 saturated carbocycles. The van der Waals surface area contributed by atoms with Gasteiger partial charge in [0.05, 0.1) is 24.4 Å². The molecule has 1 fully saturated rings. The largest absolute Gasteiger partial charge is 0.468 e. The van der Waals surface area contributed by atoms with Gasteiger partial charge in [0.25, 0.3) is 0 Å². The number of ether oxygens (including phenoxy) is 1. The molecule has 1 atom stereocenters. The standard InChI is InChI=1S/C21H26ClN3O6S/c22-16-4-6-17(7-5-16)32(28,29)19(18-3-1-12-31-18)15-24-21(27)20(26)23-8-2-9-25-10-13-30-14-11-25/h1,3-7,12,19H,2,8-11,13-15H2,(H,23,26)(H,24,27)/t19-/m1/s1. The number of benzene rings is 1. The molecule has 1 saturated heterocycles. The van der Waals surface area contributed by atoms with E-state index in [1.165, 1.54) is 36.6 Å². The Morgan fingerprint density at radius 2 is 1.75 bits per heavy atom. The Morgan fingerprint density at radius 1 is 1.06 bits per heavy atom. The number of nitrogens with zero attached hydrogens (tertiary/aromatic N) is 1. The van der Waals surface area contributed by atoms with E-state index >= 15 is 0 Å². The quantitative estimate of drug-likeness (QED) is 0.409. The minimum absolute atomic E-state index is 0.0325. The molecular weight excluding hydrogens is 458 g/mol. The summed E-state index contributed by atoms with van der Waals surface area (Å²) in [7, 11) is -3.91. The third-order valence-electron chi connectivity index (χ3n) is 5.07. The summed E-state index contributed by atoms with van der Waals surface area (Å²) < 4.78 is 36.8. The molecule has 1 aromatic carbocycles. The minimum Gasteiger partial charge on any atom is -0.468 e. The number of rotatable bonds is 9. The zero-order valence-corrected chi connectivity index (χ0v) is 19.0. The maximum absolute atomic E-state index is 13.1. The Balaban J connectivity index is 1.54. The smallest absolute Gasteiger partial charge is 0.309 e. The van der Waals surface area contributed by atoms with Crippen molar-refractivity contribution in [1.29, 1.82) is 0 Å². The molecule has 2 amide bonds. The zero-order valence-electron chi connectivity index (χ0n) is 17.5. The highest BCUT2D eigenvalue weighted by molar-refractivity contribution is 7.91. The van der Waals surface area contributed by atoms with Crippen molar-refractivity contribution in [3.8, 4) is 0 Å². The second kappa shape index (κ2) is 11.5. The van der Waals surface area contributed by atoms with Crippen molar-refractivity contribution in [3.63, 3.8) is 0 Å². The molecule has 1 aliphatic heterocycles. The fraction of sp³-hybridized carbons (Fsp3) is 0.429. The molecule has 0 unspecified atom stereocenters. The average Bonchev–Trinajstić information content (AvgIpc) is 3.32. The van der Waals surface area contributed by atoms with Crippen molar-refractivity contribution >= 4 is 33.3 Å². The lowest BCUT2D eigenvalue weighted by atomic mass is 10.3. The van der Waals surface area contributed by atoms with Gasteiger partial charge in [-0.3, -0.25) is 14.5 Å². The number of carbonyl (C=O) groups excluding carboxylic acids is 2. The second-order valence-corrected chi connectivity index (χ2v) is 9.84. The first-order valence-corrected chi connectivity index (χ1v) is 12.2. The normalized spacial score (nSPS) is 15.8. The van der Waals surface area contributed by atoms with Crippen LogP contribution < -0.4 is 10.6 Å². The van der Waals surface area contributed by atoms with E-state index in [4.69, 9.17) is 20.8 Å². The summed E-state index contributed by atoms with van der Waals surface area (Å²) in [6.45, 7) is 3.92. The van der Waals surface area contributed by atoms with Crippen LogP contribution in [0.15, 0.2) is 52.0 Å². The number of nitrogens with one attached hydrogen (secondary N) is 2. The van der Waals surface area contributed by atoms with Gasteiger partial charge in [-0.1, -0.05) is 11.6 Å². The fourth-order valence-corrected chi connectivity index (χ4v) is 5.01. The van der Waals surface area contributed by atoms with Gasteiger partial charge in [-0.25, -0.2) is 8.42 Å². The average molecular weight is 484 g/mol. The number of morpholine rings is 1. The molecule has 174 valence electrons. The van der Waals surface area contributed by atoms with Gasteiger partial charge in [0.15, 0.2) is 9.84 Å². The van der Waals surface area contributed by atoms with E-state index in [1.807, 2.05) is 0 Å². The van der Waals surface area contributed by atoms with E-state index in [1.54, 1.807) is 6.07 Å². The molecule has 2 heterocycles. The Bertz CT molecular complexity index is 989. The van der Waals surface area contributed by atoms with Crippen LogP contribution in [0.5, 0.6) is 0 Å². The Morgan fingerprint density at radius 3 is 2.41 bits per heavy atom. The summed E-state index contributed by atoms with van der Waals surface area (Å²) in [5.41, 5.74) is 0. The second-order valence-electron chi connectivity index (χ2n) is 7.28. The van der Waals surface area contributed by atoms with Gasteiger partial charge in [0.1, 0.15) is 11.0 Å². The van der Waals surface area contributed by atoms with E-state index in [0.717, 1.165) is 19.6 Å². The van der Waals surface area contributed by atoms with Gasteiger partial charge in [-0.05, 0) is 49.4 Å². The topological polar surface area (TPSA) is 118 Å². The molecule has 11 heteroatoms. The van der Waals surface area contributed by atoms with Crippen molar-refractivity contribution in [2.45, 2.75) is 16.6 Å². The number of amides is 2. The van der Waals surface area contributed by atoms with Crippen LogP contribution in [0.1, 0.15) is 17.4 Å². The lowest BCUT2D eigenvalue weighted by Gasteiger charge is -2.26. The highest BCUT2D eigenvalue weighted by Crippen LogP contribution is 2.29. The molecule has 0 aliphatic carbocycles. The van der Waals surface area contributed by atoms with Crippen LogP contribution in [0.3, 0.4) is 0 Å². The molecule has 2 aromatic rings. The van der Waals surface area contributed by atoms with Crippen molar-refractivity contribution in [2.75, 3.05) is 45.9 Å². The maximum atomic E-state index is 13.1. The SMILES string of the molecule is O=C(NCCCN1CCOCC1)C(=O)NC[C@H](c1ccco1)S(=O)(=O)c1ccc(Cl)cc1. The molecule has 0 spiro atoms. The Kier molecular flexibility index (Phi) is 8.68. The predicted molar refractivity (Wildman–Crippen MR) is 118 cm³/mol. The Hall–Kier alpha value is -2.40. The van der Waals surface area contributed by atoms with Crippen molar-refractivity contribution in [3.05, 3.63) is 53.4 Å². The highest BCUT2D eigenvalue weighted by Gasteiger charge is 2.32. The monoisotopic (exact) mass is 483 g/mol. The molecule has 0 bridgehead atoms. The number of furan rings is 1. The fourth-order valence-electron chi connectivity index (χ4n) is 3.30. The summed E-state index contributed by atoms with van der Waals surface area (Å²) in [6, 6.07) is 8.78. The van der Waals surface area contributed by atoms with Crippen LogP contribution in [0.4, 0.5) is 0 Å². The van der Waals surface area contributed by atoms with E-state index in [0.29, 0.717) is 31.2 Å². The predicted octanol–water partition coefficient (Wildman–Crippen LogP) is 1.40. The first-order valence-electron chi connectivity index (χ1n) is 10.3. The summed E-state index contributed by atoms with van der Waals surface area (Å²) in [4.78, 5) is 26.6. The summed E-state index contributed by atoms with van der Waals surface area (Å²) in [6.07, 6.45) is 2.04. The summed E-state index contributed by atoms with van der Waals surface area (Å²) in [5, 5.41) is 4.17. The number of sulfone groups is 1. The Labute approximate surface area is 192 Å². The summed E-state index contributed by atoms with van der Waals surface area (Å²) >= 11 is 5.85. The molecule has 9 nitrogen and oxygen atoms in total. The molecule has 2 N–H and O–H groups in total. The molecular formula is C21H26ClN3O6S. The first kappa shape index (κ1) is 24.2. The van der Waals surface area contributed by atoms with E-state index in [-0.39, 0.29) is 17.2 Å². The van der Waals surface area contributed by atoms with Gasteiger partial charge in [0, 0.05) is 31.2 Å². The van der Waals surface area contributed by atoms with Crippen molar-refractivity contribution < 1.29 is 27.2 Å². The van der Waals surface area contributed by atoms with Gasteiger partial charge < -0.3 is 19.8 Å². The van der Waals surface area contributed by atoms with Crippen LogP contribution in [-0.4, -0.2) is 71.1 Å². The molecule has 1 aliphatic rings.